The zero-order valence-electron chi connectivity index (χ0n) is 18.9. The van der Waals surface area contributed by atoms with Crippen molar-refractivity contribution in [3.63, 3.8) is 0 Å². The van der Waals surface area contributed by atoms with Crippen LogP contribution in [0.25, 0.3) is 0 Å². The Kier molecular flexibility index (Phi) is 5.89. The molecule has 162 valence electrons. The van der Waals surface area contributed by atoms with E-state index in [1.54, 1.807) is 25.3 Å². The number of hydrogen-bond acceptors (Lipinski definition) is 5. The van der Waals surface area contributed by atoms with Crippen LogP contribution >= 0.6 is 0 Å². The van der Waals surface area contributed by atoms with Crippen molar-refractivity contribution in [2.45, 2.75) is 64.1 Å². The number of hydrazine groups is 1. The van der Waals surface area contributed by atoms with Gasteiger partial charge in [-0.3, -0.25) is 0 Å². The maximum Gasteiger partial charge on any atom is 0.127 e. The summed E-state index contributed by atoms with van der Waals surface area (Å²) in [6, 6.07) is 11.3. The van der Waals surface area contributed by atoms with E-state index in [4.69, 9.17) is 4.74 Å². The summed E-state index contributed by atoms with van der Waals surface area (Å²) >= 11 is 0. The van der Waals surface area contributed by atoms with Gasteiger partial charge in [-0.25, -0.2) is 10.4 Å². The van der Waals surface area contributed by atoms with E-state index in [9.17, 15) is 10.2 Å². The van der Waals surface area contributed by atoms with Crippen LogP contribution in [-0.2, 0) is 5.41 Å². The molecule has 1 aliphatic rings. The van der Waals surface area contributed by atoms with Crippen molar-refractivity contribution in [1.82, 2.24) is 10.4 Å². The van der Waals surface area contributed by atoms with E-state index in [1.807, 2.05) is 32.1 Å². The van der Waals surface area contributed by atoms with E-state index in [2.05, 4.69) is 43.9 Å². The summed E-state index contributed by atoms with van der Waals surface area (Å²) in [7, 11) is 1.64. The number of benzene rings is 2. The second-order valence-electron chi connectivity index (χ2n) is 9.60. The molecule has 5 heteroatoms. The number of methoxy groups -OCH3 is 1. The molecule has 1 saturated heterocycles. The van der Waals surface area contributed by atoms with Gasteiger partial charge in [0.1, 0.15) is 17.2 Å². The highest BCUT2D eigenvalue weighted by molar-refractivity contribution is 5.51. The van der Waals surface area contributed by atoms with Crippen LogP contribution in [0.15, 0.2) is 49.1 Å². The van der Waals surface area contributed by atoms with Crippen molar-refractivity contribution in [2.75, 3.05) is 7.11 Å². The normalized spacial score (nSPS) is 20.3. The molecule has 2 unspecified atom stereocenters. The van der Waals surface area contributed by atoms with Crippen LogP contribution < -0.4 is 10.2 Å². The third-order valence-corrected chi connectivity index (χ3v) is 6.00. The van der Waals surface area contributed by atoms with Crippen molar-refractivity contribution in [3.8, 4) is 17.2 Å². The average Bonchev–Trinajstić information content (AvgIpc) is 3.13. The van der Waals surface area contributed by atoms with Crippen molar-refractivity contribution >= 4 is 0 Å². The fourth-order valence-corrected chi connectivity index (χ4v) is 4.13. The fourth-order valence-electron chi connectivity index (χ4n) is 4.13. The van der Waals surface area contributed by atoms with Gasteiger partial charge in [0.2, 0.25) is 0 Å². The van der Waals surface area contributed by atoms with Gasteiger partial charge in [-0.2, -0.15) is 0 Å². The predicted molar refractivity (Wildman–Crippen MR) is 121 cm³/mol. The lowest BCUT2D eigenvalue weighted by atomic mass is 9.82. The Labute approximate surface area is 180 Å². The van der Waals surface area contributed by atoms with Crippen LogP contribution in [0.3, 0.4) is 0 Å². The number of phenolic OH excluding ortho intramolecular Hbond substituents is 2. The molecule has 0 aliphatic carbocycles. The molecule has 3 rings (SSSR count). The van der Waals surface area contributed by atoms with Crippen molar-refractivity contribution in [2.24, 2.45) is 0 Å². The maximum atomic E-state index is 10.7. The molecular formula is C25H34N2O3. The van der Waals surface area contributed by atoms with E-state index in [-0.39, 0.29) is 34.5 Å². The Bertz CT molecular complexity index is 913. The van der Waals surface area contributed by atoms with Crippen LogP contribution in [-0.4, -0.2) is 27.9 Å². The number of ether oxygens (including phenoxy) is 1. The second kappa shape index (κ2) is 7.97. The van der Waals surface area contributed by atoms with Crippen LogP contribution in [0, 0.1) is 0 Å². The third kappa shape index (κ3) is 4.18. The fraction of sp³-hybridized carbons (Fsp3) is 0.440. The molecule has 2 aromatic rings. The second-order valence-corrected chi connectivity index (χ2v) is 9.60. The molecule has 0 aromatic heterocycles. The minimum absolute atomic E-state index is 0.0405. The summed E-state index contributed by atoms with van der Waals surface area (Å²) in [5.74, 6) is 1.14. The zero-order valence-corrected chi connectivity index (χ0v) is 18.9. The highest BCUT2D eigenvalue weighted by Crippen LogP contribution is 2.47. The third-order valence-electron chi connectivity index (χ3n) is 6.00. The van der Waals surface area contributed by atoms with E-state index in [0.717, 1.165) is 23.1 Å². The van der Waals surface area contributed by atoms with E-state index >= 15 is 0 Å². The van der Waals surface area contributed by atoms with Crippen molar-refractivity contribution in [1.29, 1.82) is 0 Å². The first-order chi connectivity index (χ1) is 14.0. The summed E-state index contributed by atoms with van der Waals surface area (Å²) in [5, 5.41) is 22.6. The molecule has 1 heterocycles. The topological polar surface area (TPSA) is 65.0 Å². The highest BCUT2D eigenvalue weighted by Gasteiger charge is 2.41. The van der Waals surface area contributed by atoms with Crippen LogP contribution in [0.2, 0.25) is 0 Å². The minimum Gasteiger partial charge on any atom is -0.508 e. The Balaban J connectivity index is 2.10. The van der Waals surface area contributed by atoms with E-state index in [0.29, 0.717) is 5.75 Å². The minimum atomic E-state index is -0.375. The summed E-state index contributed by atoms with van der Waals surface area (Å²) in [4.78, 5) is 0. The summed E-state index contributed by atoms with van der Waals surface area (Å²) < 4.78 is 5.68. The first kappa shape index (κ1) is 22.2. The number of rotatable bonds is 5. The molecule has 2 aromatic carbocycles. The molecule has 0 radical (unpaired) electrons. The molecule has 1 fully saturated rings. The van der Waals surface area contributed by atoms with Gasteiger partial charge < -0.3 is 14.9 Å². The molecular weight excluding hydrogens is 376 g/mol. The zero-order chi connectivity index (χ0) is 22.3. The van der Waals surface area contributed by atoms with Gasteiger partial charge in [-0.1, -0.05) is 32.1 Å². The summed E-state index contributed by atoms with van der Waals surface area (Å²) in [6.07, 6.45) is 2.68. The standard InChI is InChI=1S/C25H34N2O3/c1-8-25(5,6)19-13-18(23(30-7)15-22(19)29)21-14-20(26-27(21)24(2,3)4)16-9-11-17(28)12-10-16/h8-13,15,20-21,26,28-29H,1,14H2,2-7H3. The Morgan fingerprint density at radius 3 is 2.27 bits per heavy atom. The first-order valence-electron chi connectivity index (χ1n) is 10.4. The van der Waals surface area contributed by atoms with Gasteiger partial charge in [0.15, 0.2) is 0 Å². The first-order valence-corrected chi connectivity index (χ1v) is 10.4. The van der Waals surface area contributed by atoms with Gasteiger partial charge in [-0.15, -0.1) is 6.58 Å². The SMILES string of the molecule is C=CC(C)(C)c1cc(C2CC(c3ccc(O)cc3)NN2C(C)(C)C)c(OC)cc1O. The lowest BCUT2D eigenvalue weighted by Crippen LogP contribution is -2.47. The van der Waals surface area contributed by atoms with Crippen molar-refractivity contribution in [3.05, 3.63) is 65.7 Å². The molecule has 0 amide bonds. The monoisotopic (exact) mass is 410 g/mol. The Hall–Kier alpha value is -2.50. The van der Waals surface area contributed by atoms with Crippen LogP contribution in [0.4, 0.5) is 0 Å². The summed E-state index contributed by atoms with van der Waals surface area (Å²) in [6.45, 7) is 14.6. The lowest BCUT2D eigenvalue weighted by Gasteiger charge is -2.37. The molecule has 2 atom stereocenters. The van der Waals surface area contributed by atoms with Gasteiger partial charge in [-0.05, 0) is 51.0 Å². The average molecular weight is 411 g/mol. The number of allylic oxidation sites excluding steroid dienone is 1. The number of nitrogens with one attached hydrogen (secondary N) is 1. The van der Waals surface area contributed by atoms with Gasteiger partial charge in [0.25, 0.3) is 0 Å². The van der Waals surface area contributed by atoms with Crippen LogP contribution in [0.1, 0.15) is 69.8 Å². The molecule has 0 saturated carbocycles. The Morgan fingerprint density at radius 1 is 1.10 bits per heavy atom. The van der Waals surface area contributed by atoms with E-state index in [1.165, 1.54) is 0 Å². The number of nitrogens with zero attached hydrogens (tertiary/aromatic N) is 1. The summed E-state index contributed by atoms with van der Waals surface area (Å²) in [5.41, 5.74) is 6.13. The van der Waals surface area contributed by atoms with Crippen molar-refractivity contribution < 1.29 is 14.9 Å². The predicted octanol–water partition coefficient (Wildman–Crippen LogP) is 5.36. The number of hydrogen-bond donors (Lipinski definition) is 3. The molecule has 0 spiro atoms. The molecule has 3 N–H and O–H groups in total. The van der Waals surface area contributed by atoms with Gasteiger partial charge in [0.05, 0.1) is 13.2 Å². The highest BCUT2D eigenvalue weighted by atomic mass is 16.5. The van der Waals surface area contributed by atoms with Gasteiger partial charge in [0, 0.05) is 34.2 Å². The maximum absolute atomic E-state index is 10.7. The molecule has 1 aliphatic heterocycles. The van der Waals surface area contributed by atoms with Gasteiger partial charge >= 0.3 is 0 Å². The number of phenols is 2. The Morgan fingerprint density at radius 2 is 1.73 bits per heavy atom. The van der Waals surface area contributed by atoms with Crippen LogP contribution in [0.5, 0.6) is 17.2 Å². The lowest BCUT2D eigenvalue weighted by molar-refractivity contribution is 0.0612. The smallest absolute Gasteiger partial charge is 0.127 e. The number of aromatic hydroxyl groups is 2. The molecule has 30 heavy (non-hydrogen) atoms. The quantitative estimate of drug-likeness (QED) is 0.579. The molecule has 0 bridgehead atoms. The largest absolute Gasteiger partial charge is 0.508 e. The molecule has 5 nitrogen and oxygen atoms in total. The van der Waals surface area contributed by atoms with E-state index < -0.39 is 0 Å².